The fourth-order valence-corrected chi connectivity index (χ4v) is 1.60. The molecule has 15 heavy (non-hydrogen) atoms. The second-order valence-corrected chi connectivity index (χ2v) is 5.53. The molecule has 0 radical (unpaired) electrons. The van der Waals surface area contributed by atoms with Crippen molar-refractivity contribution in [1.29, 1.82) is 0 Å². The van der Waals surface area contributed by atoms with Crippen molar-refractivity contribution in [3.05, 3.63) is 0 Å². The van der Waals surface area contributed by atoms with Gasteiger partial charge in [-0.25, -0.2) is 5.01 Å². The van der Waals surface area contributed by atoms with Crippen LogP contribution in [0.4, 0.5) is 0 Å². The van der Waals surface area contributed by atoms with Gasteiger partial charge in [0.1, 0.15) is 0 Å². The Morgan fingerprint density at radius 1 is 1.33 bits per heavy atom. The highest BCUT2D eigenvalue weighted by Crippen LogP contribution is 2.08. The summed E-state index contributed by atoms with van der Waals surface area (Å²) in [6.45, 7) is 9.68. The molecule has 0 aromatic heterocycles. The first-order valence-electron chi connectivity index (χ1n) is 5.85. The minimum Gasteiger partial charge on any atom is -0.307 e. The quantitative estimate of drug-likeness (QED) is 0.420. The number of hydrogen-bond acceptors (Lipinski definition) is 3. The van der Waals surface area contributed by atoms with E-state index < -0.39 is 0 Å². The fourth-order valence-electron chi connectivity index (χ4n) is 1.27. The highest BCUT2D eigenvalue weighted by Gasteiger charge is 2.13. The van der Waals surface area contributed by atoms with Gasteiger partial charge < -0.3 is 4.90 Å². The smallest absolute Gasteiger partial charge is 0.0284 e. The SMILES string of the molecule is CC[C@@H](Br)CN(N)[C@H](C)CCN(C)CC. The van der Waals surface area contributed by atoms with Gasteiger partial charge >= 0.3 is 0 Å². The lowest BCUT2D eigenvalue weighted by molar-refractivity contribution is 0.187. The lowest BCUT2D eigenvalue weighted by Crippen LogP contribution is -2.44. The molecule has 2 atom stereocenters. The van der Waals surface area contributed by atoms with Gasteiger partial charge in [-0.15, -0.1) is 0 Å². The summed E-state index contributed by atoms with van der Waals surface area (Å²) >= 11 is 3.61. The van der Waals surface area contributed by atoms with E-state index in [0.717, 1.165) is 32.5 Å². The molecular weight excluding hydrogens is 254 g/mol. The maximum absolute atomic E-state index is 6.01. The standard InChI is InChI=1S/C11H26BrN3/c1-5-11(12)9-15(13)10(3)7-8-14(4)6-2/h10-11H,5-9,13H2,1-4H3/t10-,11-/m1/s1. The predicted octanol–water partition coefficient (Wildman–Crippen LogP) is 2.07. The molecule has 0 aromatic carbocycles. The van der Waals surface area contributed by atoms with Crippen molar-refractivity contribution in [3.63, 3.8) is 0 Å². The van der Waals surface area contributed by atoms with Crippen LogP contribution in [0.25, 0.3) is 0 Å². The number of rotatable bonds is 8. The Labute approximate surface area is 103 Å². The number of hydrazine groups is 1. The molecule has 0 heterocycles. The van der Waals surface area contributed by atoms with Crippen LogP contribution < -0.4 is 5.84 Å². The summed E-state index contributed by atoms with van der Waals surface area (Å²) in [5.74, 6) is 6.01. The molecule has 0 bridgehead atoms. The van der Waals surface area contributed by atoms with E-state index in [2.05, 4.69) is 48.6 Å². The van der Waals surface area contributed by atoms with Crippen LogP contribution >= 0.6 is 15.9 Å². The van der Waals surface area contributed by atoms with Crippen molar-refractivity contribution in [2.75, 3.05) is 26.7 Å². The van der Waals surface area contributed by atoms with Crippen molar-refractivity contribution in [1.82, 2.24) is 9.91 Å². The van der Waals surface area contributed by atoms with Gasteiger partial charge in [0, 0.05) is 17.4 Å². The number of halogens is 1. The Hall–Kier alpha value is 0.360. The summed E-state index contributed by atoms with van der Waals surface area (Å²) in [7, 11) is 2.15. The summed E-state index contributed by atoms with van der Waals surface area (Å²) in [4.78, 5) is 2.82. The fraction of sp³-hybridized carbons (Fsp3) is 1.00. The second-order valence-electron chi connectivity index (χ2n) is 4.24. The van der Waals surface area contributed by atoms with Crippen LogP contribution in [0.5, 0.6) is 0 Å². The molecule has 0 rings (SSSR count). The molecular formula is C11H26BrN3. The van der Waals surface area contributed by atoms with Gasteiger partial charge in [0.15, 0.2) is 0 Å². The van der Waals surface area contributed by atoms with E-state index in [9.17, 15) is 0 Å². The van der Waals surface area contributed by atoms with Crippen LogP contribution in [0.3, 0.4) is 0 Å². The zero-order chi connectivity index (χ0) is 11.8. The van der Waals surface area contributed by atoms with Crippen molar-refractivity contribution in [2.45, 2.75) is 44.5 Å². The summed E-state index contributed by atoms with van der Waals surface area (Å²) in [5, 5.41) is 1.95. The zero-order valence-electron chi connectivity index (χ0n) is 10.5. The highest BCUT2D eigenvalue weighted by atomic mass is 79.9. The minimum atomic E-state index is 0.450. The molecule has 4 heteroatoms. The maximum Gasteiger partial charge on any atom is 0.0284 e. The Bertz CT molecular complexity index is 155. The van der Waals surface area contributed by atoms with Crippen molar-refractivity contribution < 1.29 is 0 Å². The normalized spacial score (nSPS) is 16.0. The van der Waals surface area contributed by atoms with E-state index in [1.165, 1.54) is 0 Å². The van der Waals surface area contributed by atoms with Gasteiger partial charge in [0.05, 0.1) is 0 Å². The Balaban J connectivity index is 3.73. The van der Waals surface area contributed by atoms with Gasteiger partial charge in [-0.2, -0.15) is 0 Å². The first-order chi connectivity index (χ1) is 7.01. The molecule has 0 aliphatic carbocycles. The van der Waals surface area contributed by atoms with Crippen LogP contribution in [0, 0.1) is 0 Å². The number of nitrogens with two attached hydrogens (primary N) is 1. The van der Waals surface area contributed by atoms with Crippen molar-refractivity contribution in [2.24, 2.45) is 5.84 Å². The highest BCUT2D eigenvalue weighted by molar-refractivity contribution is 9.09. The van der Waals surface area contributed by atoms with Gasteiger partial charge in [0.25, 0.3) is 0 Å². The number of alkyl halides is 1. The molecule has 0 amide bonds. The van der Waals surface area contributed by atoms with E-state index in [4.69, 9.17) is 5.84 Å². The molecule has 92 valence electrons. The predicted molar refractivity (Wildman–Crippen MR) is 71.1 cm³/mol. The molecule has 3 nitrogen and oxygen atoms in total. The Morgan fingerprint density at radius 2 is 1.93 bits per heavy atom. The van der Waals surface area contributed by atoms with E-state index >= 15 is 0 Å². The molecule has 0 aliphatic rings. The van der Waals surface area contributed by atoms with E-state index in [-0.39, 0.29) is 0 Å². The largest absolute Gasteiger partial charge is 0.307 e. The third-order valence-corrected chi connectivity index (χ3v) is 3.82. The first-order valence-corrected chi connectivity index (χ1v) is 6.76. The monoisotopic (exact) mass is 279 g/mol. The summed E-state index contributed by atoms with van der Waals surface area (Å²) in [5.41, 5.74) is 0. The average molecular weight is 280 g/mol. The van der Waals surface area contributed by atoms with Crippen LogP contribution in [-0.2, 0) is 0 Å². The molecule has 2 N–H and O–H groups in total. The third kappa shape index (κ3) is 7.28. The maximum atomic E-state index is 6.01. The summed E-state index contributed by atoms with van der Waals surface area (Å²) < 4.78 is 0. The van der Waals surface area contributed by atoms with Crippen molar-refractivity contribution >= 4 is 15.9 Å². The van der Waals surface area contributed by atoms with Crippen LogP contribution in [-0.4, -0.2) is 47.5 Å². The molecule has 0 aliphatic heterocycles. The van der Waals surface area contributed by atoms with Gasteiger partial charge in [-0.05, 0) is 39.9 Å². The first kappa shape index (κ1) is 15.4. The van der Waals surface area contributed by atoms with Gasteiger partial charge in [0.2, 0.25) is 0 Å². The van der Waals surface area contributed by atoms with Gasteiger partial charge in [-0.1, -0.05) is 29.8 Å². The van der Waals surface area contributed by atoms with Crippen LogP contribution in [0.15, 0.2) is 0 Å². The van der Waals surface area contributed by atoms with E-state index in [0.29, 0.717) is 10.9 Å². The third-order valence-electron chi connectivity index (χ3n) is 2.89. The van der Waals surface area contributed by atoms with Crippen molar-refractivity contribution in [3.8, 4) is 0 Å². The summed E-state index contributed by atoms with van der Waals surface area (Å²) in [6.07, 6.45) is 2.25. The minimum absolute atomic E-state index is 0.450. The second kappa shape index (κ2) is 8.50. The van der Waals surface area contributed by atoms with Gasteiger partial charge in [-0.3, -0.25) is 5.84 Å². The number of nitrogens with zero attached hydrogens (tertiary/aromatic N) is 2. The molecule has 0 saturated heterocycles. The molecule has 0 unspecified atom stereocenters. The molecule has 0 spiro atoms. The molecule has 0 saturated carbocycles. The molecule has 0 fully saturated rings. The molecule has 0 aromatic rings. The topological polar surface area (TPSA) is 32.5 Å². The average Bonchev–Trinajstić information content (AvgIpc) is 2.24. The summed E-state index contributed by atoms with van der Waals surface area (Å²) in [6, 6.07) is 0.450. The number of hydrogen-bond donors (Lipinski definition) is 1. The zero-order valence-corrected chi connectivity index (χ0v) is 12.1. The lowest BCUT2D eigenvalue weighted by atomic mass is 10.2. The lowest BCUT2D eigenvalue weighted by Gasteiger charge is -2.27. The van der Waals surface area contributed by atoms with Crippen LogP contribution in [0.1, 0.15) is 33.6 Å². The van der Waals surface area contributed by atoms with Crippen LogP contribution in [0.2, 0.25) is 0 Å². The van der Waals surface area contributed by atoms with E-state index in [1.807, 2.05) is 5.01 Å². The van der Waals surface area contributed by atoms with E-state index in [1.54, 1.807) is 0 Å². The Kier molecular flexibility index (Phi) is 8.71. The Morgan fingerprint density at radius 3 is 2.40 bits per heavy atom.